The number of nitro benzene ring substituents is 1. The predicted octanol–water partition coefficient (Wildman–Crippen LogP) is 6.19. The summed E-state index contributed by atoms with van der Waals surface area (Å²) >= 11 is 0. The van der Waals surface area contributed by atoms with Gasteiger partial charge in [-0.05, 0) is 68.7 Å². The van der Waals surface area contributed by atoms with E-state index in [1.54, 1.807) is 23.2 Å². The van der Waals surface area contributed by atoms with Crippen LogP contribution < -0.4 is 9.75 Å². The number of hydrazine groups is 1. The first-order chi connectivity index (χ1) is 17.0. The van der Waals surface area contributed by atoms with E-state index in [0.717, 1.165) is 35.2 Å². The number of anilines is 1. The Balaban J connectivity index is 1.60. The van der Waals surface area contributed by atoms with Crippen molar-refractivity contribution in [1.82, 2.24) is 5.01 Å². The minimum Gasteiger partial charge on any atom is -0.458 e. The van der Waals surface area contributed by atoms with Crippen LogP contribution in [0.3, 0.4) is 0 Å². The number of amides is 1. The first-order valence-corrected chi connectivity index (χ1v) is 11.8. The number of allylic oxidation sites excluding steroid dienone is 3. The zero-order chi connectivity index (χ0) is 24.8. The molecule has 0 bridgehead atoms. The monoisotopic (exact) mass is 471 g/mol. The van der Waals surface area contributed by atoms with Crippen molar-refractivity contribution in [3.8, 4) is 5.75 Å². The highest BCUT2D eigenvalue weighted by atomic mass is 16.6. The van der Waals surface area contributed by atoms with Gasteiger partial charge in [0.2, 0.25) is 5.91 Å². The number of rotatable bonds is 7. The quantitative estimate of drug-likeness (QED) is 0.178. The molecule has 1 amide bonds. The molecule has 180 valence electrons. The lowest BCUT2D eigenvalue weighted by atomic mass is 10.1. The van der Waals surface area contributed by atoms with Crippen molar-refractivity contribution in [3.63, 3.8) is 0 Å². The maximum Gasteiger partial charge on any atom is 0.277 e. The molecule has 3 aromatic carbocycles. The fraction of sp³-hybridized carbons (Fsp3) is 0.250. The average Bonchev–Trinajstić information content (AvgIpc) is 2.88. The molecular weight excluding hydrogens is 442 g/mol. The normalized spacial score (nSPS) is 14.5. The van der Waals surface area contributed by atoms with Crippen molar-refractivity contribution in [3.05, 3.63) is 100 Å². The third-order valence-electron chi connectivity index (χ3n) is 6.03. The van der Waals surface area contributed by atoms with E-state index in [1.807, 2.05) is 73.5 Å². The van der Waals surface area contributed by atoms with Gasteiger partial charge in [-0.25, -0.2) is 0 Å². The second-order valence-corrected chi connectivity index (χ2v) is 8.37. The van der Waals surface area contributed by atoms with Crippen molar-refractivity contribution in [2.24, 2.45) is 0 Å². The standard InChI is InChI=1S/C28H29N3O4/c1-3-10-22(4-2)35-23-12-9-11-21(19-23)20-28(32)30-18-8-7-17-29(30)26-15-16-27(31(33)34)25-14-6-5-13-24(25)26/h3-6,9-16,19H,7-8,17-18,20H2,1-2H3/b10-3-,22-4+. The number of nitrogens with zero attached hydrogens (tertiary/aromatic N) is 3. The number of ether oxygens (including phenoxy) is 1. The van der Waals surface area contributed by atoms with Gasteiger partial charge in [-0.3, -0.25) is 24.9 Å². The maximum absolute atomic E-state index is 13.5. The number of hydrogen-bond acceptors (Lipinski definition) is 5. The third kappa shape index (κ3) is 5.35. The Labute approximate surface area is 205 Å². The van der Waals surface area contributed by atoms with E-state index in [-0.39, 0.29) is 22.9 Å². The second-order valence-electron chi connectivity index (χ2n) is 8.37. The summed E-state index contributed by atoms with van der Waals surface area (Å²) in [5.74, 6) is 1.39. The highest BCUT2D eigenvalue weighted by Gasteiger charge is 2.27. The van der Waals surface area contributed by atoms with E-state index in [0.29, 0.717) is 24.2 Å². The molecule has 7 nitrogen and oxygen atoms in total. The maximum atomic E-state index is 13.5. The molecule has 0 atom stereocenters. The molecule has 1 saturated heterocycles. The lowest BCUT2D eigenvalue weighted by molar-refractivity contribution is -0.383. The van der Waals surface area contributed by atoms with Crippen molar-refractivity contribution in [1.29, 1.82) is 0 Å². The summed E-state index contributed by atoms with van der Waals surface area (Å²) in [6.45, 7) is 5.12. The molecule has 35 heavy (non-hydrogen) atoms. The van der Waals surface area contributed by atoms with Crippen LogP contribution >= 0.6 is 0 Å². The first-order valence-electron chi connectivity index (χ1n) is 11.8. The van der Waals surface area contributed by atoms with Gasteiger partial charge in [0.15, 0.2) is 0 Å². The van der Waals surface area contributed by atoms with Gasteiger partial charge >= 0.3 is 0 Å². The van der Waals surface area contributed by atoms with E-state index in [2.05, 4.69) is 0 Å². The van der Waals surface area contributed by atoms with Gasteiger partial charge in [-0.2, -0.15) is 0 Å². The van der Waals surface area contributed by atoms with Gasteiger partial charge in [0.25, 0.3) is 5.69 Å². The molecule has 3 aromatic rings. The van der Waals surface area contributed by atoms with E-state index in [1.165, 1.54) is 6.07 Å². The summed E-state index contributed by atoms with van der Waals surface area (Å²) in [5.41, 5.74) is 1.73. The van der Waals surface area contributed by atoms with Crippen LogP contribution in [0.5, 0.6) is 5.75 Å². The summed E-state index contributed by atoms with van der Waals surface area (Å²) in [6.07, 6.45) is 7.76. The Hall–Kier alpha value is -4.13. The number of hydrogen-bond donors (Lipinski definition) is 0. The first kappa shape index (κ1) is 24.0. The van der Waals surface area contributed by atoms with Crippen LogP contribution in [0.1, 0.15) is 32.3 Å². The van der Waals surface area contributed by atoms with Gasteiger partial charge in [0.1, 0.15) is 11.5 Å². The summed E-state index contributed by atoms with van der Waals surface area (Å²) in [6, 6.07) is 18.1. The summed E-state index contributed by atoms with van der Waals surface area (Å²) in [5, 5.41) is 16.6. The molecule has 4 rings (SSSR count). The minimum absolute atomic E-state index is 0.0241. The number of nitro groups is 1. The largest absolute Gasteiger partial charge is 0.458 e. The van der Waals surface area contributed by atoms with E-state index in [9.17, 15) is 14.9 Å². The molecule has 1 heterocycles. The van der Waals surface area contributed by atoms with Gasteiger partial charge in [-0.1, -0.05) is 36.4 Å². The molecular formula is C28H29N3O4. The highest BCUT2D eigenvalue weighted by Crippen LogP contribution is 2.35. The van der Waals surface area contributed by atoms with Crippen molar-refractivity contribution in [2.75, 3.05) is 18.1 Å². The highest BCUT2D eigenvalue weighted by molar-refractivity contribution is 6.00. The fourth-order valence-corrected chi connectivity index (χ4v) is 4.40. The average molecular weight is 472 g/mol. The molecule has 0 aliphatic carbocycles. The van der Waals surface area contributed by atoms with Crippen LogP contribution in [0.15, 0.2) is 84.7 Å². The number of carbonyl (C=O) groups is 1. The topological polar surface area (TPSA) is 75.9 Å². The summed E-state index contributed by atoms with van der Waals surface area (Å²) in [4.78, 5) is 24.6. The molecule has 0 N–H and O–H groups in total. The SMILES string of the molecule is C/C=C\C(=C/C)Oc1cccc(CC(=O)N2CCCCN2c2ccc([N+](=O)[O-])c3ccccc23)c1. The Bertz CT molecular complexity index is 1300. The molecule has 7 heteroatoms. The summed E-state index contributed by atoms with van der Waals surface area (Å²) in [7, 11) is 0. The summed E-state index contributed by atoms with van der Waals surface area (Å²) < 4.78 is 5.92. The molecule has 0 saturated carbocycles. The van der Waals surface area contributed by atoms with Crippen molar-refractivity contribution >= 4 is 28.1 Å². The minimum atomic E-state index is -0.365. The van der Waals surface area contributed by atoms with Crippen molar-refractivity contribution < 1.29 is 14.5 Å². The third-order valence-corrected chi connectivity index (χ3v) is 6.03. The van der Waals surface area contributed by atoms with Crippen LogP contribution in [-0.4, -0.2) is 28.9 Å². The Morgan fingerprint density at radius 3 is 2.54 bits per heavy atom. The van der Waals surface area contributed by atoms with Gasteiger partial charge in [-0.15, -0.1) is 0 Å². The van der Waals surface area contributed by atoms with E-state index < -0.39 is 0 Å². The number of carbonyl (C=O) groups excluding carboxylic acids is 1. The van der Waals surface area contributed by atoms with Crippen LogP contribution in [0.2, 0.25) is 0 Å². The Morgan fingerprint density at radius 1 is 1.03 bits per heavy atom. The predicted molar refractivity (Wildman–Crippen MR) is 138 cm³/mol. The Kier molecular flexibility index (Phi) is 7.45. The zero-order valence-corrected chi connectivity index (χ0v) is 20.0. The Morgan fingerprint density at radius 2 is 1.80 bits per heavy atom. The van der Waals surface area contributed by atoms with Crippen LogP contribution in [0.25, 0.3) is 10.8 Å². The second kappa shape index (κ2) is 10.9. The smallest absolute Gasteiger partial charge is 0.277 e. The molecule has 1 fully saturated rings. The number of fused-ring (bicyclic) bond motifs is 1. The van der Waals surface area contributed by atoms with Crippen LogP contribution in [0.4, 0.5) is 11.4 Å². The van der Waals surface area contributed by atoms with Gasteiger partial charge in [0, 0.05) is 24.5 Å². The fourth-order valence-electron chi connectivity index (χ4n) is 4.40. The zero-order valence-electron chi connectivity index (χ0n) is 20.0. The van der Waals surface area contributed by atoms with Gasteiger partial charge in [0.05, 0.1) is 22.4 Å². The van der Waals surface area contributed by atoms with Crippen LogP contribution in [-0.2, 0) is 11.2 Å². The molecule has 1 aliphatic heterocycles. The lowest BCUT2D eigenvalue weighted by Crippen LogP contribution is -2.51. The molecule has 0 radical (unpaired) electrons. The van der Waals surface area contributed by atoms with E-state index >= 15 is 0 Å². The number of non-ortho nitro benzene ring substituents is 1. The van der Waals surface area contributed by atoms with Crippen LogP contribution in [0, 0.1) is 10.1 Å². The van der Waals surface area contributed by atoms with Gasteiger partial charge < -0.3 is 4.74 Å². The molecule has 0 unspecified atom stereocenters. The lowest BCUT2D eigenvalue weighted by Gasteiger charge is -2.40. The molecule has 1 aliphatic rings. The van der Waals surface area contributed by atoms with E-state index in [4.69, 9.17) is 4.74 Å². The number of benzene rings is 3. The molecule has 0 spiro atoms. The van der Waals surface area contributed by atoms with Crippen molar-refractivity contribution in [2.45, 2.75) is 33.1 Å². The molecule has 0 aromatic heterocycles.